The zero-order valence-corrected chi connectivity index (χ0v) is 32.3. The summed E-state index contributed by atoms with van der Waals surface area (Å²) >= 11 is 12.3. The molecular formula is C43H57Cl2N3O4. The summed E-state index contributed by atoms with van der Waals surface area (Å²) < 4.78 is 11.5. The summed E-state index contributed by atoms with van der Waals surface area (Å²) in [6.45, 7) is 5.08. The van der Waals surface area contributed by atoms with Crippen LogP contribution >= 0.6 is 23.2 Å². The van der Waals surface area contributed by atoms with Crippen LogP contribution in [0.25, 0.3) is 0 Å². The molecule has 0 aromatic heterocycles. The Labute approximate surface area is 321 Å². The summed E-state index contributed by atoms with van der Waals surface area (Å²) in [5, 5.41) is 7.78. The molecule has 0 unspecified atom stereocenters. The zero-order valence-electron chi connectivity index (χ0n) is 30.8. The van der Waals surface area contributed by atoms with Gasteiger partial charge in [0, 0.05) is 32.0 Å². The molecule has 0 fully saturated rings. The Kier molecular flexibility index (Phi) is 22.1. The number of anilines is 2. The molecule has 0 spiro atoms. The van der Waals surface area contributed by atoms with Gasteiger partial charge < -0.3 is 20.1 Å². The van der Waals surface area contributed by atoms with Crippen molar-refractivity contribution in [3.63, 3.8) is 0 Å². The van der Waals surface area contributed by atoms with E-state index in [4.69, 9.17) is 32.7 Å². The van der Waals surface area contributed by atoms with Crippen LogP contribution in [0.15, 0.2) is 97.2 Å². The number of carbonyl (C=O) groups excluding carboxylic acids is 2. The first kappa shape index (κ1) is 42.6. The van der Waals surface area contributed by atoms with Crippen molar-refractivity contribution < 1.29 is 19.1 Å². The van der Waals surface area contributed by atoms with E-state index in [1.807, 2.05) is 30.3 Å². The maximum atomic E-state index is 12.8. The van der Waals surface area contributed by atoms with E-state index in [9.17, 15) is 9.59 Å². The molecule has 1 amide bonds. The third-order valence-electron chi connectivity index (χ3n) is 8.33. The lowest BCUT2D eigenvalue weighted by Crippen LogP contribution is -2.37. The SMILES string of the molecule is CCC/C=C\C/C=C\C/C=C\C/C=C\C/C=C\CCCC(=O)OCN1C(=O)CCc2ccc(OCCCCNCCNc3cccc(Cl)c3Cl)cc21. The molecule has 0 saturated carbocycles. The first-order valence-corrected chi connectivity index (χ1v) is 19.6. The van der Waals surface area contributed by atoms with Crippen LogP contribution in [0.4, 0.5) is 11.4 Å². The van der Waals surface area contributed by atoms with Gasteiger partial charge in [0.05, 0.1) is 28.0 Å². The van der Waals surface area contributed by atoms with E-state index in [0.29, 0.717) is 48.1 Å². The predicted octanol–water partition coefficient (Wildman–Crippen LogP) is 10.9. The topological polar surface area (TPSA) is 79.9 Å². The molecule has 2 aromatic rings. The van der Waals surface area contributed by atoms with E-state index < -0.39 is 0 Å². The standard InChI is InChI=1S/C43H57Cl2N3O4/c1-2-3-4-5-6-7-8-9-10-11-12-13-14-15-16-17-18-19-25-42(50)52-35-48-40-34-37(28-26-36(40)27-29-41(48)49)51-33-21-20-30-46-31-32-47-39-24-22-23-38(44)43(39)45/h4-5,7-8,10-11,13-14,16-17,22-24,26,28,34,46-47H,2-3,6,9,12,15,18-21,25,27,29-33,35H2,1H3/b5-4-,8-7-,11-10-,14-13-,17-16-. The number of carbonyl (C=O) groups is 2. The number of fused-ring (bicyclic) bond motifs is 1. The number of ether oxygens (including phenoxy) is 2. The molecule has 2 N–H and O–H groups in total. The smallest absolute Gasteiger partial charge is 0.307 e. The van der Waals surface area contributed by atoms with E-state index in [-0.39, 0.29) is 18.6 Å². The Morgan fingerprint density at radius 2 is 1.50 bits per heavy atom. The molecule has 0 aliphatic carbocycles. The quantitative estimate of drug-likeness (QED) is 0.0566. The number of allylic oxidation sites excluding steroid dienone is 10. The monoisotopic (exact) mass is 749 g/mol. The molecule has 9 heteroatoms. The fraction of sp³-hybridized carbons (Fsp3) is 0.442. The normalized spacial score (nSPS) is 13.4. The molecular weight excluding hydrogens is 693 g/mol. The molecule has 2 aromatic carbocycles. The van der Waals surface area contributed by atoms with Gasteiger partial charge in [0.1, 0.15) is 5.75 Å². The van der Waals surface area contributed by atoms with Crippen molar-refractivity contribution in [1.82, 2.24) is 5.32 Å². The highest BCUT2D eigenvalue weighted by atomic mass is 35.5. The lowest BCUT2D eigenvalue weighted by Gasteiger charge is -2.29. The van der Waals surface area contributed by atoms with E-state index in [1.165, 1.54) is 6.42 Å². The third-order valence-corrected chi connectivity index (χ3v) is 9.14. The van der Waals surface area contributed by atoms with Gasteiger partial charge in [-0.05, 0) is 94.5 Å². The van der Waals surface area contributed by atoms with Gasteiger partial charge in [-0.15, -0.1) is 0 Å². The van der Waals surface area contributed by atoms with Crippen LogP contribution in [-0.4, -0.2) is 44.8 Å². The first-order valence-electron chi connectivity index (χ1n) is 18.8. The lowest BCUT2D eigenvalue weighted by molar-refractivity contribution is -0.144. The van der Waals surface area contributed by atoms with Crippen molar-refractivity contribution in [2.24, 2.45) is 0 Å². The number of rotatable bonds is 26. The molecule has 7 nitrogen and oxygen atoms in total. The van der Waals surface area contributed by atoms with Gasteiger partial charge in [0.25, 0.3) is 0 Å². The van der Waals surface area contributed by atoms with Crippen LogP contribution in [0.3, 0.4) is 0 Å². The first-order chi connectivity index (χ1) is 25.5. The van der Waals surface area contributed by atoms with Crippen LogP contribution in [0.5, 0.6) is 5.75 Å². The van der Waals surface area contributed by atoms with Crippen molar-refractivity contribution in [2.75, 3.05) is 43.2 Å². The number of hydrogen-bond acceptors (Lipinski definition) is 6. The van der Waals surface area contributed by atoms with Gasteiger partial charge in [0.2, 0.25) is 5.91 Å². The molecule has 0 atom stereocenters. The van der Waals surface area contributed by atoms with Crippen molar-refractivity contribution in [3.05, 3.63) is 113 Å². The van der Waals surface area contributed by atoms with Crippen molar-refractivity contribution in [2.45, 2.75) is 90.4 Å². The van der Waals surface area contributed by atoms with Crippen LogP contribution < -0.4 is 20.3 Å². The van der Waals surface area contributed by atoms with E-state index in [2.05, 4.69) is 78.3 Å². The van der Waals surface area contributed by atoms with E-state index >= 15 is 0 Å². The average Bonchev–Trinajstić information content (AvgIpc) is 3.14. The average molecular weight is 751 g/mol. The largest absolute Gasteiger partial charge is 0.494 e. The number of esters is 1. The number of benzene rings is 2. The summed E-state index contributed by atoms with van der Waals surface area (Å²) in [5.74, 6) is 0.352. The Hall–Kier alpha value is -3.78. The van der Waals surface area contributed by atoms with Gasteiger partial charge in [0.15, 0.2) is 6.73 Å². The highest BCUT2D eigenvalue weighted by Crippen LogP contribution is 2.32. The second kappa shape index (κ2) is 26.9. The highest BCUT2D eigenvalue weighted by molar-refractivity contribution is 6.43. The van der Waals surface area contributed by atoms with E-state index in [0.717, 1.165) is 87.9 Å². The molecule has 0 radical (unpaired) electrons. The summed E-state index contributed by atoms with van der Waals surface area (Å²) in [6.07, 6.45) is 32.7. The van der Waals surface area contributed by atoms with Crippen molar-refractivity contribution in [3.8, 4) is 5.75 Å². The number of hydrogen-bond donors (Lipinski definition) is 2. The second-order valence-corrected chi connectivity index (χ2v) is 13.4. The number of nitrogens with one attached hydrogen (secondary N) is 2. The predicted molar refractivity (Wildman–Crippen MR) is 219 cm³/mol. The van der Waals surface area contributed by atoms with Gasteiger partial charge in [-0.3, -0.25) is 14.5 Å². The molecule has 52 heavy (non-hydrogen) atoms. The Bertz CT molecular complexity index is 1500. The van der Waals surface area contributed by atoms with Crippen LogP contribution in [-0.2, 0) is 20.7 Å². The Balaban J connectivity index is 1.24. The van der Waals surface area contributed by atoms with Gasteiger partial charge in [-0.1, -0.05) is 109 Å². The molecule has 1 aliphatic rings. The summed E-state index contributed by atoms with van der Waals surface area (Å²) in [5.41, 5.74) is 2.63. The lowest BCUT2D eigenvalue weighted by atomic mass is 10.0. The fourth-order valence-electron chi connectivity index (χ4n) is 5.40. The minimum atomic E-state index is -0.298. The van der Waals surface area contributed by atoms with Crippen LogP contribution in [0.1, 0.15) is 89.5 Å². The van der Waals surface area contributed by atoms with Gasteiger partial charge in [-0.25, -0.2) is 0 Å². The third kappa shape index (κ3) is 17.6. The van der Waals surface area contributed by atoms with Gasteiger partial charge in [-0.2, -0.15) is 0 Å². The maximum Gasteiger partial charge on any atom is 0.307 e. The minimum absolute atomic E-state index is 0.0511. The number of nitrogens with zero attached hydrogens (tertiary/aromatic N) is 1. The molecule has 1 heterocycles. The molecule has 282 valence electrons. The number of aryl methyl sites for hydroxylation is 1. The van der Waals surface area contributed by atoms with Crippen molar-refractivity contribution >= 4 is 46.5 Å². The van der Waals surface area contributed by atoms with Crippen molar-refractivity contribution in [1.29, 1.82) is 0 Å². The van der Waals surface area contributed by atoms with Crippen LogP contribution in [0, 0.1) is 0 Å². The summed E-state index contributed by atoms with van der Waals surface area (Å²) in [6, 6.07) is 11.4. The molecule has 1 aliphatic heterocycles. The number of unbranched alkanes of at least 4 members (excludes halogenated alkanes) is 3. The summed E-state index contributed by atoms with van der Waals surface area (Å²) in [4.78, 5) is 26.8. The number of halogens is 2. The fourth-order valence-corrected chi connectivity index (χ4v) is 5.77. The van der Waals surface area contributed by atoms with Crippen LogP contribution in [0.2, 0.25) is 10.0 Å². The molecule has 3 rings (SSSR count). The van der Waals surface area contributed by atoms with E-state index in [1.54, 1.807) is 11.0 Å². The minimum Gasteiger partial charge on any atom is -0.494 e. The molecule has 0 saturated heterocycles. The maximum absolute atomic E-state index is 12.8. The molecule has 0 bridgehead atoms. The highest BCUT2D eigenvalue weighted by Gasteiger charge is 2.25. The Morgan fingerprint density at radius 1 is 0.808 bits per heavy atom. The summed E-state index contributed by atoms with van der Waals surface area (Å²) in [7, 11) is 0. The second-order valence-electron chi connectivity index (χ2n) is 12.6. The van der Waals surface area contributed by atoms with Gasteiger partial charge >= 0.3 is 5.97 Å². The zero-order chi connectivity index (χ0) is 37.1. The number of amides is 1. The Morgan fingerprint density at radius 3 is 2.21 bits per heavy atom.